The maximum atomic E-state index is 9.27. The molecule has 109 heavy (non-hydrogen) atoms. The number of aliphatic hydroxyl groups excluding tert-OH is 1. The van der Waals surface area contributed by atoms with Crippen LogP contribution in [0.1, 0.15) is 60.3 Å². The topological polar surface area (TPSA) is 362 Å². The Kier molecular flexibility index (Phi) is 18.0. The normalized spacial score (nSPS) is 11.9. The number of aryl methyl sites for hydroxylation is 3. The Hall–Kier alpha value is -13.7. The molecule has 0 aliphatic heterocycles. The van der Waals surface area contributed by atoms with Gasteiger partial charge in [-0.2, -0.15) is 0 Å². The van der Waals surface area contributed by atoms with Crippen LogP contribution in [0.3, 0.4) is 0 Å². The van der Waals surface area contributed by atoms with Crippen molar-refractivity contribution in [2.24, 2.45) is 11.8 Å². The molecule has 25 nitrogen and oxygen atoms in total. The summed E-state index contributed by atoms with van der Waals surface area (Å²) in [4.78, 5) is 71.4. The van der Waals surface area contributed by atoms with Gasteiger partial charge < -0.3 is 66.2 Å². The summed E-state index contributed by atoms with van der Waals surface area (Å²) in [6, 6.07) is 63.2. The van der Waals surface area contributed by atoms with Crippen molar-refractivity contribution in [3.8, 4) is 45.6 Å². The molecule has 8 aromatic carbocycles. The van der Waals surface area contributed by atoms with Gasteiger partial charge in [0.1, 0.15) is 68.6 Å². The molecule has 20 rings (SSSR count). The predicted molar refractivity (Wildman–Crippen MR) is 439 cm³/mol. The largest absolute Gasteiger partial charge is 0.396 e. The van der Waals surface area contributed by atoms with Crippen LogP contribution in [-0.2, 0) is 26.2 Å². The third-order valence-electron chi connectivity index (χ3n) is 19.6. The molecule has 0 aliphatic rings. The SMILES string of the molecule is CC(C)CCn1c(N)c(-c2nc3ccccc3[nH]2)c2nc3ccccc3nc21.CC(C)Cn1c(N)c(-c2nc3ccccc3[nH]2)c2nc3ccccc3nc21.CCCCn1c(N)c(-c2nc3ccccc3[nH]2)c2nc3ccccc3nc21.Nc1c(-c2nc3ccccc3[nH]2)c2nc3ccccc3nc2n1CCCO. The van der Waals surface area contributed by atoms with Crippen LogP contribution in [0.2, 0.25) is 0 Å². The van der Waals surface area contributed by atoms with Gasteiger partial charge in [-0.3, -0.25) is 0 Å². The number of nitrogens with two attached hydrogens (primary N) is 4. The lowest BCUT2D eigenvalue weighted by molar-refractivity contribution is 0.281. The number of anilines is 4. The fourth-order valence-corrected chi connectivity index (χ4v) is 14.2. The second-order valence-corrected chi connectivity index (χ2v) is 28.1. The van der Waals surface area contributed by atoms with E-state index in [1.807, 2.05) is 199 Å². The molecule has 0 spiro atoms. The van der Waals surface area contributed by atoms with Crippen LogP contribution < -0.4 is 22.9 Å². The molecule has 0 atom stereocenters. The number of unbranched alkanes of at least 4 members (excludes halogenated alkanes) is 1. The van der Waals surface area contributed by atoms with Gasteiger partial charge in [0.25, 0.3) is 0 Å². The number of fused-ring (bicyclic) bond motifs is 12. The number of nitrogens with one attached hydrogen (secondary N) is 4. The van der Waals surface area contributed by atoms with Crippen LogP contribution in [0.15, 0.2) is 194 Å². The molecule has 542 valence electrons. The number of aromatic amines is 4. The molecule has 0 bridgehead atoms. The highest BCUT2D eigenvalue weighted by molar-refractivity contribution is 6.05. The molecule has 0 saturated carbocycles. The first kappa shape index (κ1) is 68.4. The van der Waals surface area contributed by atoms with Crippen molar-refractivity contribution in [2.45, 2.75) is 86.5 Å². The lowest BCUT2D eigenvalue weighted by Crippen LogP contribution is -2.08. The minimum atomic E-state index is 0.0834. The number of nitrogen functional groups attached to an aromatic ring is 4. The molecule has 0 fully saturated rings. The van der Waals surface area contributed by atoms with E-state index in [2.05, 4.69) is 68.3 Å². The van der Waals surface area contributed by atoms with Gasteiger partial charge in [-0.15, -0.1) is 0 Å². The number of nitrogens with zero attached hydrogens (tertiary/aromatic N) is 16. The zero-order chi connectivity index (χ0) is 74.6. The van der Waals surface area contributed by atoms with Crippen LogP contribution in [-0.4, -0.2) is 110 Å². The predicted octanol–water partition coefficient (Wildman–Crippen LogP) is 16.7. The van der Waals surface area contributed by atoms with Crippen LogP contribution in [0, 0.1) is 11.8 Å². The molecule has 13 N–H and O–H groups in total. The van der Waals surface area contributed by atoms with Gasteiger partial charge in [0, 0.05) is 32.8 Å². The van der Waals surface area contributed by atoms with Gasteiger partial charge in [-0.25, -0.2) is 59.8 Å². The average molecular weight is 1440 g/mol. The highest BCUT2D eigenvalue weighted by Crippen LogP contribution is 2.41. The highest BCUT2D eigenvalue weighted by Gasteiger charge is 2.28. The Morgan fingerprint density at radius 3 is 0.817 bits per heavy atom. The van der Waals surface area contributed by atoms with Gasteiger partial charge in [0.2, 0.25) is 0 Å². The number of aromatic nitrogens is 20. The van der Waals surface area contributed by atoms with E-state index >= 15 is 0 Å². The van der Waals surface area contributed by atoms with Gasteiger partial charge in [-0.05, 0) is 128 Å². The van der Waals surface area contributed by atoms with Crippen molar-refractivity contribution >= 4 is 156 Å². The molecule has 12 heterocycles. The van der Waals surface area contributed by atoms with E-state index < -0.39 is 0 Å². The smallest absolute Gasteiger partial charge is 0.161 e. The van der Waals surface area contributed by atoms with E-state index in [4.69, 9.17) is 82.7 Å². The number of hydrogen-bond acceptors (Lipinski definition) is 17. The van der Waals surface area contributed by atoms with Crippen molar-refractivity contribution in [3.05, 3.63) is 194 Å². The van der Waals surface area contributed by atoms with Crippen molar-refractivity contribution < 1.29 is 5.11 Å². The lowest BCUT2D eigenvalue weighted by Gasteiger charge is -2.10. The van der Waals surface area contributed by atoms with E-state index in [9.17, 15) is 5.11 Å². The van der Waals surface area contributed by atoms with Gasteiger partial charge >= 0.3 is 0 Å². The van der Waals surface area contributed by atoms with E-state index in [0.717, 1.165) is 200 Å². The summed E-state index contributed by atoms with van der Waals surface area (Å²) in [6.45, 7) is 14.0. The number of imidazole rings is 4. The van der Waals surface area contributed by atoms with Gasteiger partial charge in [-0.1, -0.05) is 138 Å². The number of aliphatic hydroxyl groups is 1. The van der Waals surface area contributed by atoms with E-state index in [0.29, 0.717) is 65.1 Å². The molecule has 0 aliphatic carbocycles. The number of H-pyrrole nitrogens is 4. The van der Waals surface area contributed by atoms with Crippen molar-refractivity contribution in [3.63, 3.8) is 0 Å². The molecule has 0 saturated heterocycles. The Morgan fingerprint density at radius 1 is 0.303 bits per heavy atom. The summed E-state index contributed by atoms with van der Waals surface area (Å²) in [7, 11) is 0. The Morgan fingerprint density at radius 2 is 0.550 bits per heavy atom. The first-order valence-corrected chi connectivity index (χ1v) is 36.8. The second-order valence-electron chi connectivity index (χ2n) is 28.1. The maximum absolute atomic E-state index is 9.27. The third-order valence-corrected chi connectivity index (χ3v) is 19.6. The first-order chi connectivity index (χ1) is 53.2. The molecular weight excluding hydrogens is 1360 g/mol. The zero-order valence-electron chi connectivity index (χ0n) is 60.9. The molecule has 12 aromatic heterocycles. The summed E-state index contributed by atoms with van der Waals surface area (Å²) >= 11 is 0. The fourth-order valence-electron chi connectivity index (χ4n) is 14.2. The minimum absolute atomic E-state index is 0.0834. The molecule has 0 radical (unpaired) electrons. The fraction of sp³-hybridized carbons (Fsp3) is 0.190. The van der Waals surface area contributed by atoms with Gasteiger partial charge in [0.15, 0.2) is 22.6 Å². The molecule has 20 aromatic rings. The molecule has 0 amide bonds. The maximum Gasteiger partial charge on any atom is 0.161 e. The Bertz CT molecular complexity index is 6470. The van der Waals surface area contributed by atoms with Crippen molar-refractivity contribution in [1.29, 1.82) is 0 Å². The highest BCUT2D eigenvalue weighted by atomic mass is 16.3. The number of rotatable bonds is 15. The van der Waals surface area contributed by atoms with E-state index in [-0.39, 0.29) is 6.61 Å². The van der Waals surface area contributed by atoms with Crippen molar-refractivity contribution in [1.82, 2.24) is 98.0 Å². The molecule has 25 heteroatoms. The average Bonchev–Trinajstić information content (AvgIpc) is 1.63. The van der Waals surface area contributed by atoms with Crippen LogP contribution in [0.25, 0.3) is 178 Å². The van der Waals surface area contributed by atoms with Gasteiger partial charge in [0.05, 0.1) is 111 Å². The van der Waals surface area contributed by atoms with E-state index in [1.54, 1.807) is 0 Å². The number of benzene rings is 8. The van der Waals surface area contributed by atoms with Crippen LogP contribution in [0.4, 0.5) is 23.3 Å². The quantitative estimate of drug-likeness (QED) is 0.0460. The zero-order valence-corrected chi connectivity index (χ0v) is 60.9. The van der Waals surface area contributed by atoms with E-state index in [1.165, 1.54) is 0 Å². The standard InChI is InChI=1S/C22H22N6.2C21H20N6.C20H18N6O/c1-13(2)11-12-28-20(23)18(21-25-15-8-4-5-9-16(15)26-21)19-22(28)27-17-10-6-3-7-14(17)24-19;1-12(2)11-27-19(22)17(20-24-14-8-4-5-9-15(14)25-20)18-21(27)26-16-10-6-3-7-13(16)23-18;1-2-3-12-27-19(22)17(20-24-14-9-5-6-10-15(14)25-20)18-21(27)26-16-11-7-4-8-13(16)23-18;21-18-16(19-23-13-7-2-3-8-14(13)24-19)17-20(26(18)10-5-11-27)25-15-9-4-1-6-12(15)22-17/h3-10,13H,11-12,23H2,1-2H3,(H,25,26);3-10,12H,11,22H2,1-2H3,(H,24,25);4-11H,2-3,12,22H2,1H3,(H,24,25);1-4,6-9,27H,5,10-11,21H2,(H,23,24). The van der Waals surface area contributed by atoms with Crippen molar-refractivity contribution in [2.75, 3.05) is 29.5 Å². The summed E-state index contributed by atoms with van der Waals surface area (Å²) in [5.41, 5.74) is 50.1. The third kappa shape index (κ3) is 12.7. The first-order valence-electron chi connectivity index (χ1n) is 36.8. The summed E-state index contributed by atoms with van der Waals surface area (Å²) in [5, 5.41) is 9.27. The molecular formula is C84H80N24O. The minimum Gasteiger partial charge on any atom is -0.396 e. The second kappa shape index (κ2) is 28.7. The Labute approximate surface area is 623 Å². The monoisotopic (exact) mass is 1440 g/mol. The number of para-hydroxylation sites is 16. The summed E-state index contributed by atoms with van der Waals surface area (Å²) < 4.78 is 8.12. The lowest BCUT2D eigenvalue weighted by atomic mass is 10.1. The van der Waals surface area contributed by atoms with Crippen LogP contribution in [0.5, 0.6) is 0 Å². The van der Waals surface area contributed by atoms with Crippen LogP contribution >= 0.6 is 0 Å². The summed E-state index contributed by atoms with van der Waals surface area (Å²) in [5.74, 6) is 6.38. The Balaban J connectivity index is 0.000000106. The summed E-state index contributed by atoms with van der Waals surface area (Å²) in [6.07, 6.45) is 3.71. The molecule has 0 unspecified atom stereocenters. The number of hydrogen-bond donors (Lipinski definition) is 9.